The summed E-state index contributed by atoms with van der Waals surface area (Å²) in [5, 5.41) is 0. The summed E-state index contributed by atoms with van der Waals surface area (Å²) in [4.78, 5) is 2.34. The molecule has 0 fully saturated rings. The molecule has 312 valence electrons. The molecule has 0 saturated heterocycles. The van der Waals surface area contributed by atoms with Gasteiger partial charge in [0.15, 0.2) is 0 Å². The van der Waals surface area contributed by atoms with E-state index in [1.165, 1.54) is 22.3 Å². The van der Waals surface area contributed by atoms with Crippen LogP contribution in [0, 0.1) is 0 Å². The summed E-state index contributed by atoms with van der Waals surface area (Å²) >= 11 is 0. The van der Waals surface area contributed by atoms with Crippen LogP contribution < -0.4 is 4.90 Å². The average molecular weight is 814 g/mol. The molecular weight excluding hydrogens is 743 g/mol. The van der Waals surface area contributed by atoms with Crippen molar-refractivity contribution in [1.82, 2.24) is 0 Å². The van der Waals surface area contributed by atoms with Gasteiger partial charge in [0.2, 0.25) is 0 Å². The molecule has 0 unspecified atom stereocenters. The Morgan fingerprint density at radius 1 is 0.368 bits per heavy atom. The van der Waals surface area contributed by atoms with Crippen LogP contribution in [0.4, 0.5) is 17.1 Å². The predicted molar refractivity (Wildman–Crippen MR) is 242 cm³/mol. The largest absolute Gasteiger partial charge is 0.501 e. The van der Waals surface area contributed by atoms with Crippen molar-refractivity contribution in [2.45, 2.75) is 157 Å². The van der Waals surface area contributed by atoms with Crippen LogP contribution in [0.3, 0.4) is 0 Å². The molecule has 4 aromatic rings. The van der Waals surface area contributed by atoms with Gasteiger partial charge in [-0.25, -0.2) is 0 Å². The zero-order valence-electron chi connectivity index (χ0n) is 36.9. The summed E-state index contributed by atoms with van der Waals surface area (Å²) in [5.41, 5.74) is 8.27. The molecule has 7 nitrogen and oxygen atoms in total. The predicted octanol–water partition coefficient (Wildman–Crippen LogP) is 13.1. The second kappa shape index (κ2) is 22.3. The molecule has 0 aromatic heterocycles. The first kappa shape index (κ1) is 46.6. The van der Waals surface area contributed by atoms with Crippen molar-refractivity contribution in [3.8, 4) is 11.1 Å². The monoisotopic (exact) mass is 813 g/mol. The molecule has 0 saturated carbocycles. The van der Waals surface area contributed by atoms with E-state index >= 15 is 0 Å². The molecule has 0 bridgehead atoms. The van der Waals surface area contributed by atoms with Crippen molar-refractivity contribution >= 4 is 34.7 Å². The Hall–Kier alpha value is -3.13. The molecule has 0 atom stereocenters. The van der Waals surface area contributed by atoms with E-state index < -0.39 is 17.6 Å². The van der Waals surface area contributed by atoms with E-state index in [1.807, 2.05) is 0 Å². The number of hydrogen-bond donors (Lipinski definition) is 0. The van der Waals surface area contributed by atoms with Crippen LogP contribution in [0.25, 0.3) is 11.1 Å². The maximum atomic E-state index is 6.44. The van der Waals surface area contributed by atoms with Gasteiger partial charge in [0.1, 0.15) is 0 Å². The van der Waals surface area contributed by atoms with E-state index in [1.54, 1.807) is 0 Å². The third kappa shape index (κ3) is 15.2. The smallest absolute Gasteiger partial charge is 0.371 e. The molecule has 0 spiro atoms. The first-order valence-electron chi connectivity index (χ1n) is 21.3. The number of nitrogens with zero attached hydrogens (tertiary/aromatic N) is 1. The van der Waals surface area contributed by atoms with Gasteiger partial charge in [0.25, 0.3) is 0 Å². The Labute approximate surface area is 347 Å². The Balaban J connectivity index is 1.56. The molecule has 4 aromatic carbocycles. The van der Waals surface area contributed by atoms with E-state index in [9.17, 15) is 0 Å². The quantitative estimate of drug-likeness (QED) is 0.0653. The van der Waals surface area contributed by atoms with Crippen LogP contribution in [-0.2, 0) is 39.4 Å². The summed E-state index contributed by atoms with van der Waals surface area (Å²) in [5.74, 6) is 0. The number of benzene rings is 4. The van der Waals surface area contributed by atoms with Gasteiger partial charge < -0.3 is 31.5 Å². The molecule has 0 amide bonds. The highest BCUT2D eigenvalue weighted by Crippen LogP contribution is 2.37. The molecule has 0 aliphatic rings. The Bertz CT molecular complexity index is 1570. The highest BCUT2D eigenvalue weighted by atomic mass is 28.4. The molecule has 0 aliphatic heterocycles. The molecule has 4 rings (SSSR count). The first-order chi connectivity index (χ1) is 27.1. The van der Waals surface area contributed by atoms with Gasteiger partial charge in [0, 0.05) is 65.8 Å². The van der Waals surface area contributed by atoms with Crippen molar-refractivity contribution in [3.63, 3.8) is 0 Å². The second-order valence-electron chi connectivity index (χ2n) is 16.7. The highest BCUT2D eigenvalue weighted by molar-refractivity contribution is 6.61. The van der Waals surface area contributed by atoms with E-state index in [0.717, 1.165) is 54.8 Å². The third-order valence-corrected chi connectivity index (χ3v) is 15.9. The zero-order chi connectivity index (χ0) is 41.6. The molecule has 57 heavy (non-hydrogen) atoms. The topological polar surface area (TPSA) is 58.6 Å². The molecule has 0 heterocycles. The van der Waals surface area contributed by atoms with E-state index in [2.05, 4.69) is 191 Å². The maximum Gasteiger partial charge on any atom is 0.501 e. The average Bonchev–Trinajstić information content (AvgIpc) is 3.12. The minimum Gasteiger partial charge on any atom is -0.371 e. The lowest BCUT2D eigenvalue weighted by Gasteiger charge is -2.34. The van der Waals surface area contributed by atoms with Crippen LogP contribution in [0.2, 0.25) is 12.1 Å². The Morgan fingerprint density at radius 3 is 0.947 bits per heavy atom. The fourth-order valence-corrected chi connectivity index (χ4v) is 13.8. The van der Waals surface area contributed by atoms with Gasteiger partial charge >= 0.3 is 17.6 Å². The summed E-state index contributed by atoms with van der Waals surface area (Å²) < 4.78 is 38.6. The van der Waals surface area contributed by atoms with Gasteiger partial charge in [-0.3, -0.25) is 0 Å². The van der Waals surface area contributed by atoms with Gasteiger partial charge in [-0.15, -0.1) is 0 Å². The lowest BCUT2D eigenvalue weighted by atomic mass is 10.0. The fraction of sp³-hybridized carbons (Fsp3) is 0.500. The molecule has 0 radical (unpaired) electrons. The number of hydrogen-bond acceptors (Lipinski definition) is 7. The number of anilines is 3. The van der Waals surface area contributed by atoms with Crippen LogP contribution in [0.5, 0.6) is 0 Å². The standard InChI is InChI=1S/C48H71NO6Si2/c1-36(2)50-56(51-37(3)4,52-38(5)6)34-16-18-42-22-28-46(29-23-42)49(48-32-26-45(27-33-48)44-20-14-13-15-21-44)47-30-24-43(25-31-47)19-17-35-57(53-39(7)8,54-40(9)10)55-41(11)12/h13-15,20-33,36-41H,16-19,34-35H2,1-12H3. The summed E-state index contributed by atoms with van der Waals surface area (Å²) in [6, 6.07) is 38.9. The van der Waals surface area contributed by atoms with Crippen LogP contribution >= 0.6 is 0 Å². The summed E-state index contributed by atoms with van der Waals surface area (Å²) in [6.07, 6.45) is 3.89. The number of aryl methyl sites for hydroxylation is 2. The maximum absolute atomic E-state index is 6.44. The van der Waals surface area contributed by atoms with E-state index in [4.69, 9.17) is 26.6 Å². The molecule has 0 aliphatic carbocycles. The molecular formula is C48H71NO6Si2. The second-order valence-corrected chi connectivity index (χ2v) is 21.8. The van der Waals surface area contributed by atoms with E-state index in [0.29, 0.717) is 0 Å². The zero-order valence-corrected chi connectivity index (χ0v) is 38.9. The lowest BCUT2D eigenvalue weighted by molar-refractivity contribution is 0.00174. The van der Waals surface area contributed by atoms with Gasteiger partial charge in [-0.05, 0) is 167 Å². The summed E-state index contributed by atoms with van der Waals surface area (Å²) in [6.45, 7) is 24.7. The number of rotatable bonds is 24. The van der Waals surface area contributed by atoms with Crippen LogP contribution in [-0.4, -0.2) is 54.2 Å². The minimum absolute atomic E-state index is 0.0364. The molecule has 0 N–H and O–H groups in total. The van der Waals surface area contributed by atoms with Crippen LogP contribution in [0.15, 0.2) is 103 Å². The van der Waals surface area contributed by atoms with Gasteiger partial charge in [-0.1, -0.05) is 66.7 Å². The van der Waals surface area contributed by atoms with Gasteiger partial charge in [-0.2, -0.15) is 0 Å². The SMILES string of the molecule is CC(C)O[Si](CCCc1ccc(N(c2ccc(CCC[Si](OC(C)C)(OC(C)C)OC(C)C)cc2)c2ccc(-c3ccccc3)cc2)cc1)(OC(C)C)OC(C)C. The first-order valence-corrected chi connectivity index (χ1v) is 25.1. The van der Waals surface area contributed by atoms with Crippen molar-refractivity contribution in [1.29, 1.82) is 0 Å². The van der Waals surface area contributed by atoms with E-state index in [-0.39, 0.29) is 36.6 Å². The molecule has 9 heteroatoms. The van der Waals surface area contributed by atoms with Crippen molar-refractivity contribution in [2.75, 3.05) is 4.90 Å². The van der Waals surface area contributed by atoms with Crippen LogP contribution in [0.1, 0.15) is 107 Å². The van der Waals surface area contributed by atoms with Crippen molar-refractivity contribution < 1.29 is 26.6 Å². The fourth-order valence-electron chi connectivity index (χ4n) is 7.20. The lowest BCUT2D eigenvalue weighted by Crippen LogP contribution is -2.50. The van der Waals surface area contributed by atoms with Crippen molar-refractivity contribution in [2.24, 2.45) is 0 Å². The third-order valence-electron chi connectivity index (χ3n) is 9.01. The Kier molecular flexibility index (Phi) is 18.2. The van der Waals surface area contributed by atoms with Gasteiger partial charge in [0.05, 0.1) is 0 Å². The minimum atomic E-state index is -2.85. The highest BCUT2D eigenvalue weighted by Gasteiger charge is 2.44. The normalized spacial score (nSPS) is 12.6. The summed E-state index contributed by atoms with van der Waals surface area (Å²) in [7, 11) is -5.71. The Morgan fingerprint density at radius 2 is 0.649 bits per heavy atom. The van der Waals surface area contributed by atoms with Crippen molar-refractivity contribution in [3.05, 3.63) is 114 Å².